The molecule has 22 heavy (non-hydrogen) atoms. The highest BCUT2D eigenvalue weighted by molar-refractivity contribution is 7.90. The van der Waals surface area contributed by atoms with E-state index in [9.17, 15) is 9.66 Å². The smallest absolute Gasteiger partial charge is 0.136 e. The highest BCUT2D eigenvalue weighted by Crippen LogP contribution is 2.34. The van der Waals surface area contributed by atoms with E-state index >= 15 is 0 Å². The first kappa shape index (κ1) is 17.3. The Kier molecular flexibility index (Phi) is 5.17. The molecule has 2 aromatic rings. The third-order valence-corrected chi connectivity index (χ3v) is 6.00. The zero-order valence-corrected chi connectivity index (χ0v) is 15.1. The molecule has 0 fully saturated rings. The van der Waals surface area contributed by atoms with Gasteiger partial charge in [-0.2, -0.15) is 0 Å². The van der Waals surface area contributed by atoms with Crippen molar-refractivity contribution in [3.05, 3.63) is 35.0 Å². The standard InChI is InChI=1S/C16H22N2O2S2/c1-10(18-22(20)16(3,4)5)13-7-6-12(8-14(13)19)15-11(2)17-9-21-15/h6-10,18-19H,1-5H3/t10-,22?/m0/s1. The maximum absolute atomic E-state index is 12.2. The average molecular weight is 338 g/mol. The number of hydrogen-bond donors (Lipinski definition) is 2. The molecule has 4 nitrogen and oxygen atoms in total. The Balaban J connectivity index is 2.21. The van der Waals surface area contributed by atoms with E-state index in [-0.39, 0.29) is 16.5 Å². The quantitative estimate of drug-likeness (QED) is 0.829. The first-order valence-corrected chi connectivity index (χ1v) is 9.14. The van der Waals surface area contributed by atoms with Gasteiger partial charge in [0.2, 0.25) is 0 Å². The predicted octanol–water partition coefficient (Wildman–Crippen LogP) is 3.94. The average Bonchev–Trinajstić information content (AvgIpc) is 2.83. The minimum atomic E-state index is -1.18. The Morgan fingerprint density at radius 2 is 2.05 bits per heavy atom. The Bertz CT molecular complexity index is 650. The summed E-state index contributed by atoms with van der Waals surface area (Å²) in [4.78, 5) is 5.29. The van der Waals surface area contributed by atoms with Crippen molar-refractivity contribution in [2.75, 3.05) is 0 Å². The predicted molar refractivity (Wildman–Crippen MR) is 93.4 cm³/mol. The fraction of sp³-hybridized carbons (Fsp3) is 0.438. The van der Waals surface area contributed by atoms with E-state index in [0.717, 1.165) is 21.7 Å². The monoisotopic (exact) mass is 338 g/mol. The van der Waals surface area contributed by atoms with E-state index in [0.29, 0.717) is 0 Å². The van der Waals surface area contributed by atoms with Crippen LogP contribution in [0.5, 0.6) is 5.75 Å². The Hall–Kier alpha value is -1.08. The highest BCUT2D eigenvalue weighted by Gasteiger charge is 2.29. The Morgan fingerprint density at radius 3 is 2.55 bits per heavy atom. The molecule has 0 bridgehead atoms. The molecule has 2 rings (SSSR count). The number of rotatable bonds is 4. The van der Waals surface area contributed by atoms with Crippen molar-refractivity contribution >= 4 is 22.7 Å². The van der Waals surface area contributed by atoms with Crippen LogP contribution in [0.4, 0.5) is 0 Å². The second kappa shape index (κ2) is 6.58. The van der Waals surface area contributed by atoms with Crippen molar-refractivity contribution in [1.29, 1.82) is 0 Å². The van der Waals surface area contributed by atoms with Gasteiger partial charge in [0, 0.05) is 16.9 Å². The molecule has 1 aromatic carbocycles. The van der Waals surface area contributed by atoms with Crippen molar-refractivity contribution in [2.24, 2.45) is 0 Å². The summed E-state index contributed by atoms with van der Waals surface area (Å²) in [5.41, 5.74) is 4.44. The molecule has 1 heterocycles. The van der Waals surface area contributed by atoms with Crippen LogP contribution in [0.25, 0.3) is 10.4 Å². The van der Waals surface area contributed by atoms with Crippen LogP contribution in [0.15, 0.2) is 23.7 Å². The van der Waals surface area contributed by atoms with Gasteiger partial charge in [-0.1, -0.05) is 12.1 Å². The Labute approximate surface area is 138 Å². The lowest BCUT2D eigenvalue weighted by molar-refractivity contribution is 0.459. The maximum Gasteiger partial charge on any atom is 0.136 e. The molecule has 0 aliphatic heterocycles. The van der Waals surface area contributed by atoms with Gasteiger partial charge in [-0.15, -0.1) is 16.1 Å². The number of aryl methyl sites for hydroxylation is 1. The molecule has 2 atom stereocenters. The van der Waals surface area contributed by atoms with E-state index in [1.165, 1.54) is 0 Å². The largest absolute Gasteiger partial charge is 0.598 e. The van der Waals surface area contributed by atoms with E-state index in [1.807, 2.05) is 46.8 Å². The number of aromatic hydroxyl groups is 1. The second-order valence-corrected chi connectivity index (χ2v) is 9.11. The molecular weight excluding hydrogens is 316 g/mol. The molecule has 2 N–H and O–H groups in total. The molecule has 0 aliphatic carbocycles. The minimum Gasteiger partial charge on any atom is -0.598 e. The number of aromatic nitrogens is 1. The molecule has 0 saturated heterocycles. The molecule has 1 unspecified atom stereocenters. The molecule has 0 spiro atoms. The first-order chi connectivity index (χ1) is 10.2. The van der Waals surface area contributed by atoms with Gasteiger partial charge in [0.15, 0.2) is 0 Å². The summed E-state index contributed by atoms with van der Waals surface area (Å²) in [6.45, 7) is 9.60. The van der Waals surface area contributed by atoms with Crippen molar-refractivity contribution in [3.8, 4) is 16.2 Å². The van der Waals surface area contributed by atoms with Crippen LogP contribution in [0.1, 0.15) is 45.0 Å². The van der Waals surface area contributed by atoms with Gasteiger partial charge >= 0.3 is 0 Å². The summed E-state index contributed by atoms with van der Waals surface area (Å²) in [6, 6.07) is 5.39. The third kappa shape index (κ3) is 3.81. The molecular formula is C16H22N2O2S2. The molecule has 0 amide bonds. The number of thiazole rings is 1. The second-order valence-electron chi connectivity index (χ2n) is 6.26. The zero-order chi connectivity index (χ0) is 16.5. The SMILES string of the molecule is Cc1ncsc1-c1ccc([C@H](C)N[S+]([O-])C(C)(C)C)c(O)c1. The number of phenols is 1. The van der Waals surface area contributed by atoms with Crippen LogP contribution in [-0.4, -0.2) is 19.4 Å². The normalized spacial score (nSPS) is 14.8. The maximum atomic E-state index is 12.2. The highest BCUT2D eigenvalue weighted by atomic mass is 32.2. The lowest BCUT2D eigenvalue weighted by Crippen LogP contribution is -2.40. The van der Waals surface area contributed by atoms with Gasteiger partial charge in [0.05, 0.1) is 22.1 Å². The summed E-state index contributed by atoms with van der Waals surface area (Å²) in [7, 11) is 0. The fourth-order valence-corrected chi connectivity index (χ4v) is 3.64. The number of benzene rings is 1. The molecule has 120 valence electrons. The summed E-state index contributed by atoms with van der Waals surface area (Å²) < 4.78 is 14.9. The number of nitrogens with zero attached hydrogens (tertiary/aromatic N) is 1. The van der Waals surface area contributed by atoms with Gasteiger partial charge < -0.3 is 9.66 Å². The third-order valence-electron chi connectivity index (χ3n) is 3.34. The summed E-state index contributed by atoms with van der Waals surface area (Å²) in [6.07, 6.45) is 0. The van der Waals surface area contributed by atoms with Crippen molar-refractivity contribution in [1.82, 2.24) is 9.71 Å². The molecule has 6 heteroatoms. The van der Waals surface area contributed by atoms with Crippen LogP contribution in [0.3, 0.4) is 0 Å². The topological polar surface area (TPSA) is 68.2 Å². The molecule has 0 saturated carbocycles. The lowest BCUT2D eigenvalue weighted by Gasteiger charge is -2.26. The molecule has 0 aliphatic rings. The summed E-state index contributed by atoms with van der Waals surface area (Å²) >= 11 is 0.369. The summed E-state index contributed by atoms with van der Waals surface area (Å²) in [5.74, 6) is 0.205. The van der Waals surface area contributed by atoms with Gasteiger partial charge in [-0.05, 0) is 46.2 Å². The number of hydrogen-bond acceptors (Lipinski definition) is 5. The van der Waals surface area contributed by atoms with Crippen LogP contribution < -0.4 is 4.72 Å². The zero-order valence-electron chi connectivity index (χ0n) is 13.5. The van der Waals surface area contributed by atoms with Crippen LogP contribution in [0.2, 0.25) is 0 Å². The first-order valence-electron chi connectivity index (χ1n) is 7.11. The molecule has 0 radical (unpaired) electrons. The van der Waals surface area contributed by atoms with E-state index in [4.69, 9.17) is 0 Å². The van der Waals surface area contributed by atoms with Crippen LogP contribution >= 0.6 is 11.3 Å². The van der Waals surface area contributed by atoms with Gasteiger partial charge in [-0.25, -0.2) is 4.98 Å². The lowest BCUT2D eigenvalue weighted by atomic mass is 10.0. The van der Waals surface area contributed by atoms with E-state index in [2.05, 4.69) is 9.71 Å². The van der Waals surface area contributed by atoms with Crippen molar-refractivity contribution in [3.63, 3.8) is 0 Å². The Morgan fingerprint density at radius 1 is 1.36 bits per heavy atom. The number of phenolic OH excluding ortho intramolecular Hbond substituents is 1. The van der Waals surface area contributed by atoms with Crippen LogP contribution in [0, 0.1) is 6.92 Å². The minimum absolute atomic E-state index is 0.198. The van der Waals surface area contributed by atoms with Crippen molar-refractivity contribution < 1.29 is 9.66 Å². The van der Waals surface area contributed by atoms with Crippen molar-refractivity contribution in [2.45, 2.75) is 45.4 Å². The number of nitrogens with one attached hydrogen (secondary N) is 1. The molecule has 1 aromatic heterocycles. The van der Waals surface area contributed by atoms with E-state index in [1.54, 1.807) is 22.9 Å². The summed E-state index contributed by atoms with van der Waals surface area (Å²) in [5, 5.41) is 10.3. The van der Waals surface area contributed by atoms with Crippen LogP contribution in [-0.2, 0) is 11.4 Å². The van der Waals surface area contributed by atoms with E-state index < -0.39 is 11.4 Å². The van der Waals surface area contributed by atoms with Gasteiger partial charge in [-0.3, -0.25) is 0 Å². The van der Waals surface area contributed by atoms with Gasteiger partial charge in [0.1, 0.15) is 10.5 Å². The fourth-order valence-electron chi connectivity index (χ4n) is 2.03. The van der Waals surface area contributed by atoms with Gasteiger partial charge in [0.25, 0.3) is 0 Å².